The fourth-order valence-electron chi connectivity index (χ4n) is 3.71. The molecule has 3 aromatic carbocycles. The van der Waals surface area contributed by atoms with Crippen molar-refractivity contribution in [1.29, 1.82) is 5.26 Å². The number of fused-ring (bicyclic) bond motifs is 2. The summed E-state index contributed by atoms with van der Waals surface area (Å²) in [6.07, 6.45) is 0.805. The van der Waals surface area contributed by atoms with Gasteiger partial charge in [0.2, 0.25) is 0 Å². The molecule has 0 radical (unpaired) electrons. The van der Waals surface area contributed by atoms with Crippen molar-refractivity contribution in [3.8, 4) is 17.2 Å². The van der Waals surface area contributed by atoms with Crippen molar-refractivity contribution in [1.82, 2.24) is 4.98 Å². The summed E-state index contributed by atoms with van der Waals surface area (Å²) in [6, 6.07) is 22.1. The summed E-state index contributed by atoms with van der Waals surface area (Å²) in [5.74, 6) is -0.852. The van der Waals surface area contributed by atoms with Gasteiger partial charge in [0.1, 0.15) is 4.75 Å². The largest absolute Gasteiger partial charge is 0.480 e. The maximum atomic E-state index is 11.6. The second-order valence-corrected chi connectivity index (χ2v) is 9.63. The van der Waals surface area contributed by atoms with Gasteiger partial charge in [0, 0.05) is 21.4 Å². The zero-order chi connectivity index (χ0) is 22.2. The average Bonchev–Trinajstić information content (AvgIpc) is 2.77. The molecule has 0 aliphatic carbocycles. The summed E-state index contributed by atoms with van der Waals surface area (Å²) in [5.41, 5.74) is 4.59. The Labute approximate surface area is 185 Å². The summed E-state index contributed by atoms with van der Waals surface area (Å²) in [4.78, 5) is 17.3. The van der Waals surface area contributed by atoms with Crippen molar-refractivity contribution in [2.24, 2.45) is 0 Å². The van der Waals surface area contributed by atoms with Crippen LogP contribution in [-0.2, 0) is 11.2 Å². The van der Waals surface area contributed by atoms with Crippen LogP contribution in [-0.4, -0.2) is 20.8 Å². The number of pyridine rings is 1. The molecular formula is C26H22N2O2S. The lowest BCUT2D eigenvalue weighted by molar-refractivity contribution is -0.138. The maximum absolute atomic E-state index is 11.6. The number of thioether (sulfide) groups is 1. The topological polar surface area (TPSA) is 74.0 Å². The number of carboxylic acid groups (broad SMARTS) is 1. The van der Waals surface area contributed by atoms with Gasteiger partial charge in [-0.3, -0.25) is 9.78 Å². The highest BCUT2D eigenvalue weighted by atomic mass is 32.2. The summed E-state index contributed by atoms with van der Waals surface area (Å²) in [5, 5.41) is 22.0. The first-order valence-corrected chi connectivity index (χ1v) is 10.9. The highest BCUT2D eigenvalue weighted by Crippen LogP contribution is 2.39. The number of carboxylic acids is 1. The first kappa shape index (κ1) is 20.9. The lowest BCUT2D eigenvalue weighted by Gasteiger charge is -2.19. The summed E-state index contributed by atoms with van der Waals surface area (Å²) >= 11 is 1.32. The van der Waals surface area contributed by atoms with Gasteiger partial charge in [0.05, 0.1) is 17.1 Å². The fourth-order valence-corrected chi connectivity index (χ4v) is 4.70. The van der Waals surface area contributed by atoms with Gasteiger partial charge in [-0.15, -0.1) is 11.8 Å². The number of nitriles is 1. The molecule has 5 heteroatoms. The molecule has 0 fully saturated rings. The van der Waals surface area contributed by atoms with Gasteiger partial charge in [0.15, 0.2) is 0 Å². The van der Waals surface area contributed by atoms with Crippen LogP contribution in [0.5, 0.6) is 0 Å². The molecule has 1 N–H and O–H groups in total. The molecule has 0 saturated heterocycles. The van der Waals surface area contributed by atoms with Crippen LogP contribution in [0.15, 0.2) is 65.6 Å². The molecule has 1 heterocycles. The molecule has 4 rings (SSSR count). The van der Waals surface area contributed by atoms with E-state index < -0.39 is 10.7 Å². The second-order valence-electron chi connectivity index (χ2n) is 7.93. The van der Waals surface area contributed by atoms with E-state index in [0.717, 1.165) is 49.8 Å². The van der Waals surface area contributed by atoms with E-state index in [2.05, 4.69) is 25.1 Å². The maximum Gasteiger partial charge on any atom is 0.319 e. The standard InChI is InChI=1S/C26H22N2O2S/c1-4-17-13-22(21-10-6-8-19-16(15-27)7-5-9-20(19)21)23-14-18(11-12-24(23)28-17)31-26(2,3)25(29)30/h5-14H,4H2,1-3H3,(H,29,30). The van der Waals surface area contributed by atoms with Crippen LogP contribution in [0.2, 0.25) is 0 Å². The zero-order valence-electron chi connectivity index (χ0n) is 17.6. The van der Waals surface area contributed by atoms with E-state index in [9.17, 15) is 15.2 Å². The van der Waals surface area contributed by atoms with E-state index in [1.54, 1.807) is 13.8 Å². The van der Waals surface area contributed by atoms with Gasteiger partial charge in [-0.25, -0.2) is 0 Å². The Hall–Kier alpha value is -3.36. The van der Waals surface area contributed by atoms with Crippen LogP contribution in [0.4, 0.5) is 0 Å². The number of aliphatic carboxylic acids is 1. The van der Waals surface area contributed by atoms with Gasteiger partial charge in [0.25, 0.3) is 0 Å². The molecule has 0 spiro atoms. The van der Waals surface area contributed by atoms with Crippen molar-refractivity contribution in [2.75, 3.05) is 0 Å². The van der Waals surface area contributed by atoms with E-state index in [1.165, 1.54) is 11.8 Å². The van der Waals surface area contributed by atoms with E-state index in [-0.39, 0.29) is 0 Å². The smallest absolute Gasteiger partial charge is 0.319 e. The Balaban J connectivity index is 1.99. The Morgan fingerprint density at radius 1 is 1.03 bits per heavy atom. The quantitative estimate of drug-likeness (QED) is 0.372. The zero-order valence-corrected chi connectivity index (χ0v) is 18.5. The molecule has 31 heavy (non-hydrogen) atoms. The van der Waals surface area contributed by atoms with Crippen LogP contribution in [0.25, 0.3) is 32.8 Å². The van der Waals surface area contributed by atoms with Crippen molar-refractivity contribution >= 4 is 39.4 Å². The van der Waals surface area contributed by atoms with Crippen LogP contribution in [0.1, 0.15) is 32.0 Å². The van der Waals surface area contributed by atoms with Gasteiger partial charge in [-0.1, -0.05) is 37.3 Å². The molecule has 0 unspecified atom stereocenters. The van der Waals surface area contributed by atoms with E-state index in [4.69, 9.17) is 4.98 Å². The molecule has 0 atom stereocenters. The molecule has 0 aliphatic heterocycles. The third-order valence-corrected chi connectivity index (χ3v) is 6.59. The normalized spacial score (nSPS) is 11.5. The summed E-state index contributed by atoms with van der Waals surface area (Å²) in [6.45, 7) is 5.49. The SMILES string of the molecule is CCc1cc(-c2cccc3c(C#N)cccc23)c2cc(SC(C)(C)C(=O)O)ccc2n1. The molecule has 0 bridgehead atoms. The fraction of sp³-hybridized carbons (Fsp3) is 0.192. The Kier molecular flexibility index (Phi) is 5.43. The highest BCUT2D eigenvalue weighted by Gasteiger charge is 2.28. The van der Waals surface area contributed by atoms with E-state index in [1.807, 2.05) is 48.5 Å². The molecule has 4 aromatic rings. The molecule has 0 aliphatic rings. The Morgan fingerprint density at radius 3 is 2.48 bits per heavy atom. The Bertz CT molecular complexity index is 1370. The number of aromatic nitrogens is 1. The summed E-state index contributed by atoms with van der Waals surface area (Å²) in [7, 11) is 0. The first-order chi connectivity index (χ1) is 14.8. The predicted octanol–water partition coefficient (Wildman–Crippen LogP) is 6.44. The molecule has 0 amide bonds. The van der Waals surface area contributed by atoms with Crippen molar-refractivity contribution in [3.05, 3.63) is 71.9 Å². The van der Waals surface area contributed by atoms with E-state index in [0.29, 0.717) is 5.56 Å². The predicted molar refractivity (Wildman–Crippen MR) is 126 cm³/mol. The average molecular weight is 427 g/mol. The number of nitrogens with zero attached hydrogens (tertiary/aromatic N) is 2. The van der Waals surface area contributed by atoms with Crippen molar-refractivity contribution in [3.63, 3.8) is 0 Å². The van der Waals surface area contributed by atoms with Gasteiger partial charge >= 0.3 is 5.97 Å². The highest BCUT2D eigenvalue weighted by molar-refractivity contribution is 8.01. The lowest BCUT2D eigenvalue weighted by Crippen LogP contribution is -2.26. The first-order valence-electron chi connectivity index (χ1n) is 10.1. The third kappa shape index (κ3) is 3.87. The molecule has 4 nitrogen and oxygen atoms in total. The van der Waals surface area contributed by atoms with E-state index >= 15 is 0 Å². The number of hydrogen-bond acceptors (Lipinski definition) is 4. The van der Waals surface area contributed by atoms with Gasteiger partial charge in [-0.2, -0.15) is 5.26 Å². The minimum atomic E-state index is -0.939. The molecule has 154 valence electrons. The van der Waals surface area contributed by atoms with Gasteiger partial charge in [-0.05, 0) is 67.1 Å². The number of benzene rings is 3. The number of carbonyl (C=O) groups is 1. The molecule has 0 saturated carbocycles. The van der Waals surface area contributed by atoms with Crippen molar-refractivity contribution < 1.29 is 9.90 Å². The monoisotopic (exact) mass is 426 g/mol. The number of rotatable bonds is 5. The number of aryl methyl sites for hydroxylation is 1. The lowest BCUT2D eigenvalue weighted by atomic mass is 9.93. The van der Waals surface area contributed by atoms with Crippen LogP contribution in [0.3, 0.4) is 0 Å². The summed E-state index contributed by atoms with van der Waals surface area (Å²) < 4.78 is -0.939. The van der Waals surface area contributed by atoms with Crippen LogP contribution in [0, 0.1) is 11.3 Å². The Morgan fingerprint density at radius 2 is 1.77 bits per heavy atom. The van der Waals surface area contributed by atoms with Crippen molar-refractivity contribution in [2.45, 2.75) is 36.8 Å². The molecule has 1 aromatic heterocycles. The number of hydrogen-bond donors (Lipinski definition) is 1. The minimum Gasteiger partial charge on any atom is -0.480 e. The second kappa shape index (κ2) is 8.05. The van der Waals surface area contributed by atoms with Crippen LogP contribution >= 0.6 is 11.8 Å². The van der Waals surface area contributed by atoms with Gasteiger partial charge < -0.3 is 5.11 Å². The minimum absolute atomic E-state index is 0.646. The van der Waals surface area contributed by atoms with Crippen LogP contribution < -0.4 is 0 Å². The molecular weight excluding hydrogens is 404 g/mol. The third-order valence-electron chi connectivity index (χ3n) is 5.42.